The third-order valence-corrected chi connectivity index (χ3v) is 4.61. The molecule has 1 aliphatic heterocycles. The summed E-state index contributed by atoms with van der Waals surface area (Å²) in [5.74, 6) is 0.414. The van der Waals surface area contributed by atoms with Crippen molar-refractivity contribution >= 4 is 5.97 Å². The Labute approximate surface area is 140 Å². The lowest BCUT2D eigenvalue weighted by molar-refractivity contribution is -0.138. The van der Waals surface area contributed by atoms with Gasteiger partial charge >= 0.3 is 5.97 Å². The van der Waals surface area contributed by atoms with E-state index in [1.54, 1.807) is 6.20 Å². The Hall–Kier alpha value is -2.22. The van der Waals surface area contributed by atoms with Crippen LogP contribution in [0.15, 0.2) is 12.4 Å². The molecular weight excluding hydrogens is 308 g/mol. The number of likely N-dealkylation sites (tertiary alicyclic amines) is 1. The molecule has 1 aliphatic rings. The van der Waals surface area contributed by atoms with E-state index in [1.165, 1.54) is 0 Å². The molecule has 2 aromatic rings. The molecule has 130 valence electrons. The topological polar surface area (TPSA) is 111 Å². The van der Waals surface area contributed by atoms with Gasteiger partial charge in [-0.05, 0) is 12.3 Å². The van der Waals surface area contributed by atoms with Gasteiger partial charge in [0.2, 0.25) is 0 Å². The number of hydrogen-bond acceptors (Lipinski definition) is 5. The van der Waals surface area contributed by atoms with Gasteiger partial charge in [0.15, 0.2) is 0 Å². The van der Waals surface area contributed by atoms with Crippen molar-refractivity contribution in [2.75, 3.05) is 13.1 Å². The SMILES string of the molecule is CCCCc1ncc(CN2CC(CC(=O)O)C(c3cn[nH]n3)C2)[nH]1. The summed E-state index contributed by atoms with van der Waals surface area (Å²) in [4.78, 5) is 21.2. The molecule has 8 heteroatoms. The fourth-order valence-electron chi connectivity index (χ4n) is 3.44. The molecule has 8 nitrogen and oxygen atoms in total. The van der Waals surface area contributed by atoms with Crippen LogP contribution in [0.2, 0.25) is 0 Å². The number of imidazole rings is 1. The lowest BCUT2D eigenvalue weighted by Crippen LogP contribution is -2.21. The van der Waals surface area contributed by atoms with Crippen LogP contribution in [0, 0.1) is 5.92 Å². The lowest BCUT2D eigenvalue weighted by Gasteiger charge is -2.13. The van der Waals surface area contributed by atoms with Gasteiger partial charge in [-0.3, -0.25) is 9.69 Å². The first-order chi connectivity index (χ1) is 11.7. The minimum Gasteiger partial charge on any atom is -0.481 e. The van der Waals surface area contributed by atoms with E-state index in [9.17, 15) is 9.90 Å². The molecule has 1 fully saturated rings. The zero-order valence-electron chi connectivity index (χ0n) is 13.9. The Morgan fingerprint density at radius 3 is 3.00 bits per heavy atom. The lowest BCUT2D eigenvalue weighted by atomic mass is 9.91. The van der Waals surface area contributed by atoms with E-state index in [0.717, 1.165) is 56.1 Å². The quantitative estimate of drug-likeness (QED) is 0.676. The van der Waals surface area contributed by atoms with Gasteiger partial charge in [0.1, 0.15) is 5.82 Å². The van der Waals surface area contributed by atoms with E-state index in [4.69, 9.17) is 0 Å². The first-order valence-electron chi connectivity index (χ1n) is 8.48. The Morgan fingerprint density at radius 2 is 2.29 bits per heavy atom. The third-order valence-electron chi connectivity index (χ3n) is 4.61. The number of aromatic nitrogens is 5. The summed E-state index contributed by atoms with van der Waals surface area (Å²) < 4.78 is 0. The molecule has 2 aromatic heterocycles. The smallest absolute Gasteiger partial charge is 0.303 e. The summed E-state index contributed by atoms with van der Waals surface area (Å²) in [7, 11) is 0. The maximum Gasteiger partial charge on any atom is 0.303 e. The highest BCUT2D eigenvalue weighted by molar-refractivity contribution is 5.67. The highest BCUT2D eigenvalue weighted by atomic mass is 16.4. The first-order valence-corrected chi connectivity index (χ1v) is 8.48. The van der Waals surface area contributed by atoms with Crippen molar-refractivity contribution < 1.29 is 9.90 Å². The van der Waals surface area contributed by atoms with Crippen molar-refractivity contribution in [3.63, 3.8) is 0 Å². The summed E-state index contributed by atoms with van der Waals surface area (Å²) in [5.41, 5.74) is 1.92. The van der Waals surface area contributed by atoms with E-state index in [1.807, 2.05) is 6.20 Å². The molecule has 3 heterocycles. The highest BCUT2D eigenvalue weighted by Gasteiger charge is 2.36. The molecule has 3 rings (SSSR count). The number of H-pyrrole nitrogens is 2. The van der Waals surface area contributed by atoms with Crippen LogP contribution in [0.25, 0.3) is 0 Å². The van der Waals surface area contributed by atoms with Crippen molar-refractivity contribution in [2.45, 2.75) is 45.1 Å². The first kappa shape index (κ1) is 16.6. The molecule has 0 amide bonds. The number of carbonyl (C=O) groups is 1. The molecule has 0 bridgehead atoms. The Balaban J connectivity index is 1.64. The highest BCUT2D eigenvalue weighted by Crippen LogP contribution is 2.34. The number of aryl methyl sites for hydroxylation is 1. The summed E-state index contributed by atoms with van der Waals surface area (Å²) in [6, 6.07) is 0. The molecule has 0 aromatic carbocycles. The predicted molar refractivity (Wildman–Crippen MR) is 87.3 cm³/mol. The second-order valence-corrected chi connectivity index (χ2v) is 6.51. The third kappa shape index (κ3) is 4.00. The summed E-state index contributed by atoms with van der Waals surface area (Å²) in [6.45, 7) is 4.45. The van der Waals surface area contributed by atoms with Gasteiger partial charge < -0.3 is 10.1 Å². The maximum atomic E-state index is 11.2. The van der Waals surface area contributed by atoms with E-state index < -0.39 is 5.97 Å². The molecule has 2 atom stereocenters. The molecule has 0 spiro atoms. The average molecular weight is 332 g/mol. The standard InChI is InChI=1S/C16H24N6O2/c1-2-3-4-15-17-6-12(19-15)9-22-8-11(5-16(23)24)13(10-22)14-7-18-21-20-14/h6-7,11,13H,2-5,8-10H2,1H3,(H,17,19)(H,23,24)(H,18,20,21). The van der Waals surface area contributed by atoms with Crippen molar-refractivity contribution in [1.29, 1.82) is 0 Å². The van der Waals surface area contributed by atoms with Gasteiger partial charge in [0.05, 0.1) is 18.3 Å². The molecule has 0 aliphatic carbocycles. The number of carboxylic acids is 1. The summed E-state index contributed by atoms with van der Waals surface area (Å²) in [6.07, 6.45) is 6.99. The van der Waals surface area contributed by atoms with Gasteiger partial charge in [0.25, 0.3) is 0 Å². The molecule has 0 radical (unpaired) electrons. The van der Waals surface area contributed by atoms with Crippen LogP contribution in [-0.4, -0.2) is 54.4 Å². The van der Waals surface area contributed by atoms with Crippen LogP contribution in [0.5, 0.6) is 0 Å². The van der Waals surface area contributed by atoms with Crippen LogP contribution in [-0.2, 0) is 17.8 Å². The van der Waals surface area contributed by atoms with Gasteiger partial charge in [0, 0.05) is 43.9 Å². The molecular formula is C16H24N6O2. The Morgan fingerprint density at radius 1 is 1.42 bits per heavy atom. The number of carboxylic acid groups (broad SMARTS) is 1. The van der Waals surface area contributed by atoms with Gasteiger partial charge in [-0.25, -0.2) is 4.98 Å². The Bertz CT molecular complexity index is 653. The van der Waals surface area contributed by atoms with E-state index in [2.05, 4.69) is 37.2 Å². The van der Waals surface area contributed by atoms with E-state index in [-0.39, 0.29) is 18.3 Å². The fourth-order valence-corrected chi connectivity index (χ4v) is 3.44. The monoisotopic (exact) mass is 332 g/mol. The number of nitrogens with one attached hydrogen (secondary N) is 2. The molecule has 2 unspecified atom stereocenters. The number of aromatic amines is 2. The van der Waals surface area contributed by atoms with E-state index >= 15 is 0 Å². The van der Waals surface area contributed by atoms with Gasteiger partial charge in [-0.15, -0.1) is 0 Å². The van der Waals surface area contributed by atoms with Crippen LogP contribution in [0.1, 0.15) is 49.3 Å². The zero-order chi connectivity index (χ0) is 16.9. The summed E-state index contributed by atoms with van der Waals surface area (Å²) >= 11 is 0. The minimum atomic E-state index is -0.765. The van der Waals surface area contributed by atoms with Crippen LogP contribution in [0.3, 0.4) is 0 Å². The van der Waals surface area contributed by atoms with Crippen molar-refractivity contribution in [2.24, 2.45) is 5.92 Å². The number of unbranched alkanes of at least 4 members (excludes halogenated alkanes) is 1. The van der Waals surface area contributed by atoms with Gasteiger partial charge in [-0.1, -0.05) is 13.3 Å². The van der Waals surface area contributed by atoms with Crippen molar-refractivity contribution in [3.8, 4) is 0 Å². The van der Waals surface area contributed by atoms with E-state index in [0.29, 0.717) is 0 Å². The second-order valence-electron chi connectivity index (χ2n) is 6.51. The largest absolute Gasteiger partial charge is 0.481 e. The predicted octanol–water partition coefficient (Wildman–Crippen LogP) is 1.56. The number of rotatable bonds is 8. The molecule has 0 saturated carbocycles. The normalized spacial score (nSPS) is 21.4. The van der Waals surface area contributed by atoms with Crippen LogP contribution in [0.4, 0.5) is 0 Å². The summed E-state index contributed by atoms with van der Waals surface area (Å²) in [5, 5.41) is 19.8. The molecule has 1 saturated heterocycles. The molecule has 3 N–H and O–H groups in total. The minimum absolute atomic E-state index is 0.0510. The van der Waals surface area contributed by atoms with Crippen LogP contribution < -0.4 is 0 Å². The Kier molecular flexibility index (Phi) is 5.24. The van der Waals surface area contributed by atoms with Gasteiger partial charge in [-0.2, -0.15) is 15.4 Å². The van der Waals surface area contributed by atoms with Crippen molar-refractivity contribution in [1.82, 2.24) is 30.3 Å². The van der Waals surface area contributed by atoms with Crippen molar-refractivity contribution in [3.05, 3.63) is 29.6 Å². The number of nitrogens with zero attached hydrogens (tertiary/aromatic N) is 4. The second kappa shape index (κ2) is 7.57. The maximum absolute atomic E-state index is 11.2. The zero-order valence-corrected chi connectivity index (χ0v) is 13.9. The fraction of sp³-hybridized carbons (Fsp3) is 0.625. The molecule has 24 heavy (non-hydrogen) atoms. The number of aliphatic carboxylic acids is 1. The average Bonchev–Trinajstić information content (AvgIpc) is 3.26. The number of hydrogen-bond donors (Lipinski definition) is 3. The van der Waals surface area contributed by atoms with Crippen LogP contribution >= 0.6 is 0 Å².